The summed E-state index contributed by atoms with van der Waals surface area (Å²) < 4.78 is 33.5. The number of hydrogen-bond acceptors (Lipinski definition) is 5. The van der Waals surface area contributed by atoms with E-state index in [4.69, 9.17) is 16.3 Å². The Morgan fingerprint density at radius 1 is 1.24 bits per heavy atom. The second-order valence-corrected chi connectivity index (χ2v) is 11.3. The Hall–Kier alpha value is -2.46. The molecule has 1 atom stereocenters. The molecule has 33 heavy (non-hydrogen) atoms. The summed E-state index contributed by atoms with van der Waals surface area (Å²) in [7, 11) is -3.90. The molecule has 8 nitrogen and oxygen atoms in total. The van der Waals surface area contributed by atoms with Gasteiger partial charge in [-0.2, -0.15) is 0 Å². The molecule has 1 saturated heterocycles. The summed E-state index contributed by atoms with van der Waals surface area (Å²) in [4.78, 5) is 20.6. The first-order valence-corrected chi connectivity index (χ1v) is 12.6. The van der Waals surface area contributed by atoms with Gasteiger partial charge in [0.25, 0.3) is 5.91 Å². The van der Waals surface area contributed by atoms with E-state index in [9.17, 15) is 13.2 Å². The molecule has 0 unspecified atom stereocenters. The normalized spacial score (nSPS) is 16.9. The highest BCUT2D eigenvalue weighted by molar-refractivity contribution is 7.89. The van der Waals surface area contributed by atoms with Crippen LogP contribution in [0.1, 0.15) is 49.8 Å². The molecule has 0 radical (unpaired) electrons. The molecule has 2 aromatic carbocycles. The lowest BCUT2D eigenvalue weighted by molar-refractivity contribution is 0.102. The van der Waals surface area contributed by atoms with E-state index in [0.29, 0.717) is 12.3 Å². The molecule has 0 saturated carbocycles. The van der Waals surface area contributed by atoms with E-state index >= 15 is 0 Å². The second kappa shape index (κ2) is 9.06. The molecular weight excluding hydrogens is 464 g/mol. The Kier molecular flexibility index (Phi) is 6.50. The lowest BCUT2D eigenvalue weighted by Gasteiger charge is -2.13. The fraction of sp³-hybridized carbons (Fsp3) is 0.391. The van der Waals surface area contributed by atoms with Crippen LogP contribution in [-0.4, -0.2) is 43.5 Å². The van der Waals surface area contributed by atoms with Crippen LogP contribution in [0.25, 0.3) is 11.0 Å². The van der Waals surface area contributed by atoms with Crippen LogP contribution in [0.15, 0.2) is 41.3 Å². The summed E-state index contributed by atoms with van der Waals surface area (Å²) in [5, 5.41) is 2.85. The minimum atomic E-state index is -3.90. The number of halogens is 1. The number of sulfonamides is 1. The minimum Gasteiger partial charge on any atom is -0.377 e. The van der Waals surface area contributed by atoms with Gasteiger partial charge in [-0.05, 0) is 49.2 Å². The monoisotopic (exact) mass is 490 g/mol. The van der Waals surface area contributed by atoms with Crippen molar-refractivity contribution in [2.75, 3.05) is 18.5 Å². The minimum absolute atomic E-state index is 0.0416. The lowest BCUT2D eigenvalue weighted by atomic mass is 9.96. The van der Waals surface area contributed by atoms with Crippen LogP contribution in [0.5, 0.6) is 0 Å². The summed E-state index contributed by atoms with van der Waals surface area (Å²) in [6.07, 6.45) is 1.56. The van der Waals surface area contributed by atoms with E-state index in [0.717, 1.165) is 29.7 Å². The molecule has 3 aromatic rings. The van der Waals surface area contributed by atoms with Gasteiger partial charge in [-0.1, -0.05) is 32.4 Å². The molecule has 1 amide bonds. The topological polar surface area (TPSA) is 113 Å². The zero-order valence-electron chi connectivity index (χ0n) is 18.7. The van der Waals surface area contributed by atoms with Crippen LogP contribution < -0.4 is 10.0 Å². The predicted molar refractivity (Wildman–Crippen MR) is 128 cm³/mol. The maximum Gasteiger partial charge on any atom is 0.255 e. The molecule has 176 valence electrons. The number of fused-ring (bicyclic) bond motifs is 1. The van der Waals surface area contributed by atoms with E-state index < -0.39 is 15.9 Å². The number of carbonyl (C=O) groups is 1. The number of benzene rings is 2. The van der Waals surface area contributed by atoms with Crippen molar-refractivity contribution in [1.29, 1.82) is 0 Å². The van der Waals surface area contributed by atoms with Crippen molar-refractivity contribution in [3.05, 3.63) is 52.8 Å². The number of hydrogen-bond donors (Lipinski definition) is 3. The Morgan fingerprint density at radius 2 is 2.03 bits per heavy atom. The number of anilines is 1. The smallest absolute Gasteiger partial charge is 0.255 e. The van der Waals surface area contributed by atoms with Gasteiger partial charge >= 0.3 is 0 Å². The van der Waals surface area contributed by atoms with Gasteiger partial charge in [-0.15, -0.1) is 0 Å². The molecule has 0 aliphatic carbocycles. The number of ether oxygens (including phenoxy) is 1. The van der Waals surface area contributed by atoms with Crippen molar-refractivity contribution in [2.24, 2.45) is 0 Å². The number of aromatic nitrogens is 2. The molecule has 10 heteroatoms. The summed E-state index contributed by atoms with van der Waals surface area (Å²) >= 11 is 6.15. The average Bonchev–Trinajstić information content (AvgIpc) is 3.41. The first-order chi connectivity index (χ1) is 15.5. The number of imidazole rings is 1. The molecule has 1 aromatic heterocycles. The lowest BCUT2D eigenvalue weighted by Crippen LogP contribution is -2.32. The molecule has 2 heterocycles. The summed E-state index contributed by atoms with van der Waals surface area (Å²) in [5.74, 6) is 0.404. The number of rotatable bonds is 6. The van der Waals surface area contributed by atoms with Crippen LogP contribution in [0.2, 0.25) is 5.02 Å². The predicted octanol–water partition coefficient (Wildman–Crippen LogP) is 4.22. The van der Waals surface area contributed by atoms with Gasteiger partial charge in [-0.25, -0.2) is 18.1 Å². The molecule has 3 N–H and O–H groups in total. The van der Waals surface area contributed by atoms with Gasteiger partial charge in [-0.3, -0.25) is 4.79 Å². The van der Waals surface area contributed by atoms with Gasteiger partial charge in [0.05, 0.1) is 22.2 Å². The molecule has 1 aliphatic heterocycles. The highest BCUT2D eigenvalue weighted by Gasteiger charge is 2.24. The summed E-state index contributed by atoms with van der Waals surface area (Å²) in [6.45, 7) is 6.99. The third kappa shape index (κ3) is 5.38. The number of H-pyrrole nitrogens is 1. The fourth-order valence-electron chi connectivity index (χ4n) is 3.58. The van der Waals surface area contributed by atoms with E-state index in [1.807, 2.05) is 6.07 Å². The number of nitrogens with zero attached hydrogens (tertiary/aromatic N) is 1. The summed E-state index contributed by atoms with van der Waals surface area (Å²) in [5.41, 5.74) is 2.21. The van der Waals surface area contributed by atoms with Gasteiger partial charge in [0.15, 0.2) is 0 Å². The molecule has 4 rings (SSSR count). The van der Waals surface area contributed by atoms with Crippen molar-refractivity contribution in [2.45, 2.75) is 50.0 Å². The number of nitrogens with one attached hydrogen (secondary N) is 3. The van der Waals surface area contributed by atoms with Gasteiger partial charge in [0.2, 0.25) is 10.0 Å². The highest BCUT2D eigenvalue weighted by atomic mass is 35.5. The highest BCUT2D eigenvalue weighted by Crippen LogP contribution is 2.26. The van der Waals surface area contributed by atoms with E-state index in [-0.39, 0.29) is 33.5 Å². The first kappa shape index (κ1) is 23.7. The van der Waals surface area contributed by atoms with Crippen molar-refractivity contribution in [3.8, 4) is 0 Å². The summed E-state index contributed by atoms with van der Waals surface area (Å²) in [6, 6.07) is 9.55. The van der Waals surface area contributed by atoms with E-state index in [1.165, 1.54) is 18.2 Å². The first-order valence-electron chi connectivity index (χ1n) is 10.8. The van der Waals surface area contributed by atoms with Crippen molar-refractivity contribution in [1.82, 2.24) is 14.7 Å². The van der Waals surface area contributed by atoms with Gasteiger partial charge in [0, 0.05) is 29.8 Å². The van der Waals surface area contributed by atoms with E-state index in [1.54, 1.807) is 12.1 Å². The number of aromatic amines is 1. The molecular formula is C23H27ClN4O4S. The van der Waals surface area contributed by atoms with Crippen molar-refractivity contribution < 1.29 is 17.9 Å². The zero-order chi connectivity index (χ0) is 23.8. The standard InChI is InChI=1S/C23H27ClN4O4S/c1-23(2,3)22-27-18-9-7-15(12-19(18)28-22)26-21(29)14-6-8-17(24)20(11-14)33(30,31)25-13-16-5-4-10-32-16/h6-9,11-12,16,25H,4-5,10,13H2,1-3H3,(H,26,29)(H,27,28)/t16-/m0/s1. The van der Waals surface area contributed by atoms with Crippen LogP contribution >= 0.6 is 11.6 Å². The molecule has 0 spiro atoms. The second-order valence-electron chi connectivity index (χ2n) is 9.15. The van der Waals surface area contributed by atoms with Crippen LogP contribution in [0, 0.1) is 0 Å². The van der Waals surface area contributed by atoms with Gasteiger partial charge < -0.3 is 15.0 Å². The van der Waals surface area contributed by atoms with Crippen LogP contribution in [0.3, 0.4) is 0 Å². The van der Waals surface area contributed by atoms with E-state index in [2.05, 4.69) is 40.8 Å². The third-order valence-corrected chi connectivity index (χ3v) is 7.36. The SMILES string of the molecule is CC(C)(C)c1nc2ccc(NC(=O)c3ccc(Cl)c(S(=O)(=O)NC[C@@H]4CCCO4)c3)cc2[nH]1. The van der Waals surface area contributed by atoms with Crippen LogP contribution in [-0.2, 0) is 20.2 Å². The maximum absolute atomic E-state index is 12.9. The van der Waals surface area contributed by atoms with Crippen molar-refractivity contribution in [3.63, 3.8) is 0 Å². The fourth-order valence-corrected chi connectivity index (χ4v) is 5.17. The zero-order valence-corrected chi connectivity index (χ0v) is 20.3. The molecule has 1 fully saturated rings. The van der Waals surface area contributed by atoms with Crippen LogP contribution in [0.4, 0.5) is 5.69 Å². The Labute approximate surface area is 198 Å². The molecule has 0 bridgehead atoms. The Bertz CT molecular complexity index is 1290. The third-order valence-electron chi connectivity index (χ3n) is 5.46. The Balaban J connectivity index is 1.52. The number of carbonyl (C=O) groups excluding carboxylic acids is 1. The largest absolute Gasteiger partial charge is 0.377 e. The Morgan fingerprint density at radius 3 is 2.73 bits per heavy atom. The quantitative estimate of drug-likeness (QED) is 0.478. The van der Waals surface area contributed by atoms with Crippen molar-refractivity contribution >= 4 is 44.3 Å². The maximum atomic E-state index is 12.9. The van der Waals surface area contributed by atoms with Gasteiger partial charge in [0.1, 0.15) is 10.7 Å². The average molecular weight is 491 g/mol. The number of amides is 1. The molecule has 1 aliphatic rings.